The van der Waals surface area contributed by atoms with Crippen LogP contribution in [0.15, 0.2) is 24.5 Å². The van der Waals surface area contributed by atoms with Gasteiger partial charge in [-0.1, -0.05) is 0 Å². The predicted molar refractivity (Wildman–Crippen MR) is 56.1 cm³/mol. The lowest BCUT2D eigenvalue weighted by Gasteiger charge is -2.09. The molecule has 2 rings (SSSR count). The zero-order valence-electron chi connectivity index (χ0n) is 9.37. The molecule has 7 heteroatoms. The zero-order valence-corrected chi connectivity index (χ0v) is 9.37. The molecule has 96 valence electrons. The lowest BCUT2D eigenvalue weighted by atomic mass is 10.1. The quantitative estimate of drug-likeness (QED) is 0.776. The summed E-state index contributed by atoms with van der Waals surface area (Å²) in [5, 5.41) is 7.21. The van der Waals surface area contributed by atoms with Gasteiger partial charge in [-0.15, -0.1) is 10.2 Å². The third-order valence-electron chi connectivity index (χ3n) is 2.49. The number of aryl methyl sites for hydroxylation is 1. The SMILES string of the molecule is CCn1cnnc1-c1cc(C(F)(F)F)ccc1F. The fraction of sp³-hybridized carbons (Fsp3) is 0.273. The molecule has 0 aliphatic rings. The van der Waals surface area contributed by atoms with Crippen LogP contribution in [0.5, 0.6) is 0 Å². The van der Waals surface area contributed by atoms with Gasteiger partial charge in [-0.25, -0.2) is 4.39 Å². The van der Waals surface area contributed by atoms with Gasteiger partial charge >= 0.3 is 6.18 Å². The van der Waals surface area contributed by atoms with Crippen LogP contribution in [0.4, 0.5) is 17.6 Å². The molecule has 1 heterocycles. The third-order valence-corrected chi connectivity index (χ3v) is 2.49. The van der Waals surface area contributed by atoms with E-state index in [-0.39, 0.29) is 11.4 Å². The van der Waals surface area contributed by atoms with Gasteiger partial charge in [0.15, 0.2) is 5.82 Å². The number of nitrogens with zero attached hydrogens (tertiary/aromatic N) is 3. The summed E-state index contributed by atoms with van der Waals surface area (Å²) >= 11 is 0. The van der Waals surface area contributed by atoms with E-state index >= 15 is 0 Å². The minimum Gasteiger partial charge on any atom is -0.314 e. The van der Waals surface area contributed by atoms with Crippen molar-refractivity contribution in [3.05, 3.63) is 35.9 Å². The zero-order chi connectivity index (χ0) is 13.3. The highest BCUT2D eigenvalue weighted by Crippen LogP contribution is 2.32. The van der Waals surface area contributed by atoms with Gasteiger partial charge in [-0.05, 0) is 25.1 Å². The van der Waals surface area contributed by atoms with E-state index in [0.29, 0.717) is 12.6 Å². The van der Waals surface area contributed by atoms with Crippen molar-refractivity contribution >= 4 is 0 Å². The maximum Gasteiger partial charge on any atom is 0.416 e. The summed E-state index contributed by atoms with van der Waals surface area (Å²) in [5.74, 6) is -0.674. The van der Waals surface area contributed by atoms with Gasteiger partial charge in [0.25, 0.3) is 0 Å². The molecule has 1 aromatic heterocycles. The van der Waals surface area contributed by atoms with Gasteiger partial charge in [0, 0.05) is 6.54 Å². The van der Waals surface area contributed by atoms with Crippen LogP contribution < -0.4 is 0 Å². The molecule has 0 saturated carbocycles. The molecule has 0 aliphatic heterocycles. The first-order valence-corrected chi connectivity index (χ1v) is 5.18. The second-order valence-electron chi connectivity index (χ2n) is 3.63. The minimum absolute atomic E-state index is 0.0844. The van der Waals surface area contributed by atoms with Crippen molar-refractivity contribution in [2.24, 2.45) is 0 Å². The summed E-state index contributed by atoms with van der Waals surface area (Å²) in [7, 11) is 0. The second-order valence-corrected chi connectivity index (χ2v) is 3.63. The fourth-order valence-electron chi connectivity index (χ4n) is 1.57. The molecule has 3 nitrogen and oxygen atoms in total. The highest BCUT2D eigenvalue weighted by molar-refractivity contribution is 5.57. The molecule has 0 bridgehead atoms. The normalized spacial score (nSPS) is 11.8. The van der Waals surface area contributed by atoms with E-state index in [0.717, 1.165) is 12.1 Å². The Labute approximate surface area is 100 Å². The van der Waals surface area contributed by atoms with Crippen molar-refractivity contribution in [1.29, 1.82) is 0 Å². The maximum absolute atomic E-state index is 13.6. The van der Waals surface area contributed by atoms with Crippen molar-refractivity contribution in [2.75, 3.05) is 0 Å². The van der Waals surface area contributed by atoms with E-state index in [9.17, 15) is 17.6 Å². The van der Waals surface area contributed by atoms with Crippen molar-refractivity contribution in [3.63, 3.8) is 0 Å². The Morgan fingerprint density at radius 1 is 1.28 bits per heavy atom. The van der Waals surface area contributed by atoms with E-state index in [1.807, 2.05) is 0 Å². The summed E-state index contributed by atoms with van der Waals surface area (Å²) in [6.45, 7) is 2.20. The third kappa shape index (κ3) is 2.20. The van der Waals surface area contributed by atoms with Crippen LogP contribution in [0.1, 0.15) is 12.5 Å². The van der Waals surface area contributed by atoms with Crippen molar-refractivity contribution in [1.82, 2.24) is 14.8 Å². The van der Waals surface area contributed by atoms with E-state index in [4.69, 9.17) is 0 Å². The Bertz CT molecular complexity index is 560. The Kier molecular flexibility index (Phi) is 3.06. The molecule has 0 atom stereocenters. The van der Waals surface area contributed by atoms with Crippen LogP contribution in [0.25, 0.3) is 11.4 Å². The molecule has 1 aromatic carbocycles. The molecule has 0 spiro atoms. The van der Waals surface area contributed by atoms with Gasteiger partial charge < -0.3 is 4.57 Å². The maximum atomic E-state index is 13.6. The standard InChI is InChI=1S/C11H9F4N3/c1-2-18-6-16-17-10(18)8-5-7(11(13,14)15)3-4-9(8)12/h3-6H,2H2,1H3. The molecule has 0 unspecified atom stereocenters. The van der Waals surface area contributed by atoms with Gasteiger partial charge in [0.05, 0.1) is 11.1 Å². The average molecular weight is 259 g/mol. The fourth-order valence-corrected chi connectivity index (χ4v) is 1.57. The summed E-state index contributed by atoms with van der Waals surface area (Å²) in [4.78, 5) is 0. The number of halogens is 4. The highest BCUT2D eigenvalue weighted by atomic mass is 19.4. The van der Waals surface area contributed by atoms with Crippen LogP contribution in [-0.2, 0) is 12.7 Å². The van der Waals surface area contributed by atoms with E-state index in [1.54, 1.807) is 6.92 Å². The Hall–Kier alpha value is -1.92. The van der Waals surface area contributed by atoms with Crippen molar-refractivity contribution < 1.29 is 17.6 Å². The van der Waals surface area contributed by atoms with E-state index < -0.39 is 17.6 Å². The van der Waals surface area contributed by atoms with E-state index in [1.165, 1.54) is 10.9 Å². The average Bonchev–Trinajstić information content (AvgIpc) is 2.76. The molecule has 0 amide bonds. The lowest BCUT2D eigenvalue weighted by Crippen LogP contribution is -2.06. The monoisotopic (exact) mass is 259 g/mol. The van der Waals surface area contributed by atoms with Gasteiger partial charge in [-0.2, -0.15) is 13.2 Å². The molecule has 0 fully saturated rings. The van der Waals surface area contributed by atoms with Crippen molar-refractivity contribution in [2.45, 2.75) is 19.6 Å². The number of rotatable bonds is 2. The van der Waals surface area contributed by atoms with Gasteiger partial charge in [0.1, 0.15) is 12.1 Å². The van der Waals surface area contributed by atoms with Crippen molar-refractivity contribution in [3.8, 4) is 11.4 Å². The van der Waals surface area contributed by atoms with Gasteiger partial charge in [0.2, 0.25) is 0 Å². The van der Waals surface area contributed by atoms with Crippen LogP contribution in [0.3, 0.4) is 0 Å². The molecular weight excluding hydrogens is 250 g/mol. The molecule has 18 heavy (non-hydrogen) atoms. The second kappa shape index (κ2) is 4.40. The lowest BCUT2D eigenvalue weighted by molar-refractivity contribution is -0.137. The van der Waals surface area contributed by atoms with Gasteiger partial charge in [-0.3, -0.25) is 0 Å². The number of alkyl halides is 3. The summed E-state index contributed by atoms with van der Waals surface area (Å²) in [6, 6.07) is 2.23. The van der Waals surface area contributed by atoms with Crippen LogP contribution in [-0.4, -0.2) is 14.8 Å². The number of benzene rings is 1. The first-order valence-electron chi connectivity index (χ1n) is 5.18. The largest absolute Gasteiger partial charge is 0.416 e. The summed E-state index contributed by atoms with van der Waals surface area (Å²) < 4.78 is 52.7. The predicted octanol–water partition coefficient (Wildman–Crippen LogP) is 3.12. The Morgan fingerprint density at radius 2 is 2.00 bits per heavy atom. The first kappa shape index (κ1) is 12.5. The van der Waals surface area contributed by atoms with E-state index in [2.05, 4.69) is 10.2 Å². The molecular formula is C11H9F4N3. The van der Waals surface area contributed by atoms with Crippen LogP contribution in [0, 0.1) is 5.82 Å². The molecule has 0 N–H and O–H groups in total. The highest BCUT2D eigenvalue weighted by Gasteiger charge is 2.31. The molecule has 0 aliphatic carbocycles. The van der Waals surface area contributed by atoms with Crippen LogP contribution in [0.2, 0.25) is 0 Å². The first-order chi connectivity index (χ1) is 8.43. The number of hydrogen-bond acceptors (Lipinski definition) is 2. The minimum atomic E-state index is -4.51. The molecule has 0 radical (unpaired) electrons. The summed E-state index contributed by atoms with van der Waals surface area (Å²) in [6.07, 6.45) is -3.17. The van der Waals surface area contributed by atoms with Crippen LogP contribution >= 0.6 is 0 Å². The topological polar surface area (TPSA) is 30.7 Å². The smallest absolute Gasteiger partial charge is 0.314 e. The summed E-state index contributed by atoms with van der Waals surface area (Å²) in [5.41, 5.74) is -1.12. The number of hydrogen-bond donors (Lipinski definition) is 0. The Morgan fingerprint density at radius 3 is 2.61 bits per heavy atom. The molecule has 0 saturated heterocycles. The molecule has 2 aromatic rings. The Balaban J connectivity index is 2.57. The number of aromatic nitrogens is 3.